The summed E-state index contributed by atoms with van der Waals surface area (Å²) in [4.78, 5) is 24.1. The van der Waals surface area contributed by atoms with Crippen molar-refractivity contribution in [1.29, 1.82) is 0 Å². The lowest BCUT2D eigenvalue weighted by Gasteiger charge is -2.19. The van der Waals surface area contributed by atoms with E-state index in [-0.39, 0.29) is 17.7 Å². The molecule has 22 heavy (non-hydrogen) atoms. The van der Waals surface area contributed by atoms with Crippen LogP contribution in [0.1, 0.15) is 55.8 Å². The second-order valence-corrected chi connectivity index (χ2v) is 5.79. The maximum Gasteiger partial charge on any atom is 0.338 e. The highest BCUT2D eigenvalue weighted by Crippen LogP contribution is 2.17. The number of ether oxygens (including phenoxy) is 1. The smallest absolute Gasteiger partial charge is 0.338 e. The van der Waals surface area contributed by atoms with E-state index in [0.29, 0.717) is 5.56 Å². The number of phenolic OH excluding ortho intramolecular Hbond substituents is 1. The summed E-state index contributed by atoms with van der Waals surface area (Å²) in [5, 5.41) is 12.2. The maximum absolute atomic E-state index is 12.1. The highest BCUT2D eigenvalue weighted by molar-refractivity contribution is 5.92. The number of carbonyl (C=O) groups is 2. The monoisotopic (exact) mass is 305 g/mol. The fraction of sp³-hybridized carbons (Fsp3) is 0.529. The highest BCUT2D eigenvalue weighted by atomic mass is 16.5. The summed E-state index contributed by atoms with van der Waals surface area (Å²) in [7, 11) is 0. The van der Waals surface area contributed by atoms with Crippen LogP contribution in [-0.4, -0.2) is 29.1 Å². The molecule has 1 aliphatic carbocycles. The molecule has 0 saturated heterocycles. The first-order valence-electron chi connectivity index (χ1n) is 7.86. The molecule has 0 aromatic heterocycles. The van der Waals surface area contributed by atoms with Gasteiger partial charge in [-0.3, -0.25) is 4.79 Å². The topological polar surface area (TPSA) is 75.6 Å². The number of phenols is 1. The summed E-state index contributed by atoms with van der Waals surface area (Å²) in [5.41, 5.74) is 0.312. The van der Waals surface area contributed by atoms with Crippen molar-refractivity contribution in [2.45, 2.75) is 57.6 Å². The molecule has 1 fully saturated rings. The van der Waals surface area contributed by atoms with Gasteiger partial charge in [-0.1, -0.05) is 25.7 Å². The van der Waals surface area contributed by atoms with E-state index in [1.165, 1.54) is 37.1 Å². The van der Waals surface area contributed by atoms with E-state index in [4.69, 9.17) is 4.74 Å². The average molecular weight is 305 g/mol. The third kappa shape index (κ3) is 4.76. The van der Waals surface area contributed by atoms with Gasteiger partial charge in [-0.05, 0) is 44.0 Å². The SMILES string of the molecule is C[C@H](OC(=O)c1ccc(O)cc1)C(=O)NC1CCCCCC1. The minimum absolute atomic E-state index is 0.0794. The van der Waals surface area contributed by atoms with Crippen LogP contribution < -0.4 is 5.32 Å². The van der Waals surface area contributed by atoms with Crippen LogP contribution in [0.4, 0.5) is 0 Å². The summed E-state index contributed by atoms with van der Waals surface area (Å²) in [5.74, 6) is -0.738. The van der Waals surface area contributed by atoms with Crippen molar-refractivity contribution >= 4 is 11.9 Å². The largest absolute Gasteiger partial charge is 0.508 e. The summed E-state index contributed by atoms with van der Waals surface area (Å²) < 4.78 is 5.18. The van der Waals surface area contributed by atoms with Crippen LogP contribution in [0.25, 0.3) is 0 Å². The second kappa shape index (κ2) is 7.82. The molecule has 0 bridgehead atoms. The summed E-state index contributed by atoms with van der Waals surface area (Å²) in [6.07, 6.45) is 5.85. The zero-order valence-corrected chi connectivity index (χ0v) is 12.9. The number of nitrogens with one attached hydrogen (secondary N) is 1. The lowest BCUT2D eigenvalue weighted by atomic mass is 10.1. The molecule has 5 heteroatoms. The van der Waals surface area contributed by atoms with Gasteiger partial charge in [0.15, 0.2) is 6.10 Å². The molecule has 120 valence electrons. The van der Waals surface area contributed by atoms with Gasteiger partial charge in [0.1, 0.15) is 5.75 Å². The second-order valence-electron chi connectivity index (χ2n) is 5.79. The third-order valence-electron chi connectivity index (χ3n) is 3.96. The van der Waals surface area contributed by atoms with Crippen LogP contribution >= 0.6 is 0 Å². The van der Waals surface area contributed by atoms with Crippen molar-refractivity contribution in [3.05, 3.63) is 29.8 Å². The van der Waals surface area contributed by atoms with Crippen molar-refractivity contribution < 1.29 is 19.4 Å². The van der Waals surface area contributed by atoms with Crippen molar-refractivity contribution in [1.82, 2.24) is 5.32 Å². The number of hydrogen-bond donors (Lipinski definition) is 2. The first-order chi connectivity index (χ1) is 10.6. The normalized spacial score (nSPS) is 17.3. The van der Waals surface area contributed by atoms with E-state index in [9.17, 15) is 14.7 Å². The quantitative estimate of drug-likeness (QED) is 0.662. The number of hydrogen-bond acceptors (Lipinski definition) is 4. The Bertz CT molecular complexity index is 504. The zero-order valence-electron chi connectivity index (χ0n) is 12.9. The highest BCUT2D eigenvalue weighted by Gasteiger charge is 2.22. The van der Waals surface area contributed by atoms with Crippen LogP contribution in [0.5, 0.6) is 5.75 Å². The fourth-order valence-electron chi connectivity index (χ4n) is 2.62. The number of carbonyl (C=O) groups excluding carboxylic acids is 2. The number of esters is 1. The van der Waals surface area contributed by atoms with Crippen molar-refractivity contribution in [3.8, 4) is 5.75 Å². The molecule has 0 radical (unpaired) electrons. The molecule has 1 aromatic carbocycles. The molecular formula is C17H23NO4. The van der Waals surface area contributed by atoms with Gasteiger partial charge in [-0.2, -0.15) is 0 Å². The molecule has 1 amide bonds. The number of benzene rings is 1. The molecule has 5 nitrogen and oxygen atoms in total. The maximum atomic E-state index is 12.1. The molecule has 1 saturated carbocycles. The molecule has 1 atom stereocenters. The summed E-state index contributed by atoms with van der Waals surface area (Å²) >= 11 is 0. The van der Waals surface area contributed by atoms with Gasteiger partial charge in [0.25, 0.3) is 5.91 Å². The van der Waals surface area contributed by atoms with Crippen molar-refractivity contribution in [3.63, 3.8) is 0 Å². The fourth-order valence-corrected chi connectivity index (χ4v) is 2.62. The molecule has 1 aromatic rings. The summed E-state index contributed by atoms with van der Waals surface area (Å²) in [6.45, 7) is 1.57. The Morgan fingerprint density at radius 3 is 2.32 bits per heavy atom. The molecule has 1 aliphatic rings. The first kappa shape index (κ1) is 16.3. The third-order valence-corrected chi connectivity index (χ3v) is 3.96. The van der Waals surface area contributed by atoms with E-state index in [1.807, 2.05) is 0 Å². The van der Waals surface area contributed by atoms with Crippen LogP contribution in [0, 0.1) is 0 Å². The molecule has 0 spiro atoms. The Morgan fingerprint density at radius 2 is 1.73 bits per heavy atom. The Labute approximate surface area is 130 Å². The average Bonchev–Trinajstić information content (AvgIpc) is 2.76. The van der Waals surface area contributed by atoms with E-state index < -0.39 is 12.1 Å². The minimum atomic E-state index is -0.829. The predicted molar refractivity (Wildman–Crippen MR) is 82.6 cm³/mol. The molecule has 0 aliphatic heterocycles. The Morgan fingerprint density at radius 1 is 1.14 bits per heavy atom. The number of amides is 1. The number of aromatic hydroxyl groups is 1. The van der Waals surface area contributed by atoms with E-state index in [2.05, 4.69) is 5.32 Å². The van der Waals surface area contributed by atoms with E-state index in [0.717, 1.165) is 25.7 Å². The minimum Gasteiger partial charge on any atom is -0.508 e. The van der Waals surface area contributed by atoms with Crippen LogP contribution in [0.15, 0.2) is 24.3 Å². The lowest BCUT2D eigenvalue weighted by Crippen LogP contribution is -2.41. The molecule has 0 unspecified atom stereocenters. The van der Waals surface area contributed by atoms with Crippen LogP contribution in [0.2, 0.25) is 0 Å². The Hall–Kier alpha value is -2.04. The predicted octanol–water partition coefficient (Wildman–Crippen LogP) is 2.78. The molecule has 0 heterocycles. The zero-order chi connectivity index (χ0) is 15.9. The first-order valence-corrected chi connectivity index (χ1v) is 7.86. The standard InChI is InChI=1S/C17H23NO4/c1-12(16(20)18-14-6-4-2-3-5-7-14)22-17(21)13-8-10-15(19)11-9-13/h8-12,14,19H,2-7H2,1H3,(H,18,20)/t12-/m0/s1. The molecular weight excluding hydrogens is 282 g/mol. The summed E-state index contributed by atoms with van der Waals surface area (Å²) in [6, 6.07) is 5.94. The van der Waals surface area contributed by atoms with Gasteiger partial charge in [-0.15, -0.1) is 0 Å². The Balaban J connectivity index is 1.84. The van der Waals surface area contributed by atoms with Gasteiger partial charge >= 0.3 is 5.97 Å². The van der Waals surface area contributed by atoms with Crippen molar-refractivity contribution in [2.75, 3.05) is 0 Å². The van der Waals surface area contributed by atoms with E-state index in [1.54, 1.807) is 6.92 Å². The van der Waals surface area contributed by atoms with Gasteiger partial charge in [0, 0.05) is 6.04 Å². The van der Waals surface area contributed by atoms with Gasteiger partial charge < -0.3 is 15.2 Å². The lowest BCUT2D eigenvalue weighted by molar-refractivity contribution is -0.129. The van der Waals surface area contributed by atoms with Crippen molar-refractivity contribution in [2.24, 2.45) is 0 Å². The molecule has 2 N–H and O–H groups in total. The van der Waals surface area contributed by atoms with Crippen LogP contribution in [-0.2, 0) is 9.53 Å². The Kier molecular flexibility index (Phi) is 5.81. The van der Waals surface area contributed by atoms with Crippen LogP contribution in [0.3, 0.4) is 0 Å². The molecule has 2 rings (SSSR count). The number of rotatable bonds is 4. The van der Waals surface area contributed by atoms with E-state index >= 15 is 0 Å². The van der Waals surface area contributed by atoms with Gasteiger partial charge in [-0.25, -0.2) is 4.79 Å². The van der Waals surface area contributed by atoms with Gasteiger partial charge in [0.2, 0.25) is 0 Å². The van der Waals surface area contributed by atoms with Gasteiger partial charge in [0.05, 0.1) is 5.56 Å².